The summed E-state index contributed by atoms with van der Waals surface area (Å²) in [7, 11) is -4.00. The summed E-state index contributed by atoms with van der Waals surface area (Å²) in [6.45, 7) is 5.29. The van der Waals surface area contributed by atoms with Crippen LogP contribution in [0.15, 0.2) is 64.6 Å². The molecule has 0 aliphatic heterocycles. The first-order chi connectivity index (χ1) is 17.6. The molecule has 0 aliphatic rings. The van der Waals surface area contributed by atoms with Crippen LogP contribution in [0.1, 0.15) is 23.9 Å². The van der Waals surface area contributed by atoms with Crippen LogP contribution >= 0.6 is 11.6 Å². The quantitative estimate of drug-likeness (QED) is 0.205. The number of benzene rings is 2. The molecule has 0 spiro atoms. The molecule has 0 bridgehead atoms. The molecule has 37 heavy (non-hydrogen) atoms. The van der Waals surface area contributed by atoms with Crippen LogP contribution < -0.4 is 15.4 Å². The molecule has 4 rings (SSSR count). The van der Waals surface area contributed by atoms with Crippen LogP contribution in [0.3, 0.4) is 0 Å². The maximum Gasteiger partial charge on any atom is 0.264 e. The first-order valence-electron chi connectivity index (χ1n) is 11.4. The zero-order valence-corrected chi connectivity index (χ0v) is 22.0. The Morgan fingerprint density at radius 3 is 2.41 bits per heavy atom. The third kappa shape index (κ3) is 6.83. The maximum absolute atomic E-state index is 13.1. The van der Waals surface area contributed by atoms with E-state index in [0.29, 0.717) is 17.1 Å². The van der Waals surface area contributed by atoms with E-state index < -0.39 is 10.0 Å². The molecule has 2 heterocycles. The number of fused-ring (bicyclic) bond motifs is 1. The van der Waals surface area contributed by atoms with Crippen LogP contribution in [0.4, 0.5) is 11.6 Å². The Hall–Kier alpha value is -3.96. The van der Waals surface area contributed by atoms with Gasteiger partial charge in [-0.3, -0.25) is 15.1 Å². The summed E-state index contributed by atoms with van der Waals surface area (Å²) >= 11 is 6.15. The molecule has 0 saturated heterocycles. The van der Waals surface area contributed by atoms with E-state index in [9.17, 15) is 13.2 Å². The maximum atomic E-state index is 13.1. The molecular weight excluding hydrogens is 514 g/mol. The molecule has 192 valence electrons. The number of hydrogen-bond acceptors (Lipinski definition) is 6. The lowest BCUT2D eigenvalue weighted by molar-refractivity contribution is -0.114. The van der Waals surface area contributed by atoms with Gasteiger partial charge in [-0.15, -0.1) is 0 Å². The molecule has 12 heteroatoms. The molecule has 2 aromatic heterocycles. The number of amides is 1. The molecule has 10 nitrogen and oxygen atoms in total. The van der Waals surface area contributed by atoms with Crippen molar-refractivity contribution >= 4 is 56.0 Å². The summed E-state index contributed by atoms with van der Waals surface area (Å²) in [6.07, 6.45) is 2.42. The molecule has 0 unspecified atom stereocenters. The minimum Gasteiger partial charge on any atom is -0.361 e. The lowest BCUT2D eigenvalue weighted by atomic mass is 10.1. The Morgan fingerprint density at radius 2 is 1.73 bits per heavy atom. The Bertz CT molecular complexity index is 1560. The van der Waals surface area contributed by atoms with Crippen LogP contribution in [0.5, 0.6) is 0 Å². The molecule has 0 atom stereocenters. The second kappa shape index (κ2) is 11.0. The number of H-pyrrole nitrogens is 1. The highest BCUT2D eigenvalue weighted by Crippen LogP contribution is 2.23. The number of nitrogens with zero attached hydrogens (tertiary/aromatic N) is 3. The Balaban J connectivity index is 1.58. The topological polar surface area (TPSA) is 141 Å². The average Bonchev–Trinajstić information content (AvgIpc) is 3.20. The standard InChI is InChI=1S/C25H26ClN7O3S/c1-15-12-16(2)30-25(29-15)32-24(27-11-10-18-14-28-23-9-4-19(26)13-22(18)23)33-37(35,36)21-7-5-20(6-8-21)31-17(3)34/h4-9,12-14,28H,10-11H2,1-3H3,(H,31,34)(H2,27,29,30,32,33). The van der Waals surface area contributed by atoms with Crippen molar-refractivity contribution < 1.29 is 13.2 Å². The molecule has 0 aliphatic carbocycles. The van der Waals surface area contributed by atoms with E-state index in [1.165, 1.54) is 31.2 Å². The Labute approximate surface area is 219 Å². The van der Waals surface area contributed by atoms with E-state index in [2.05, 4.69) is 35.3 Å². The molecule has 0 fully saturated rings. The van der Waals surface area contributed by atoms with E-state index in [4.69, 9.17) is 11.6 Å². The first kappa shape index (κ1) is 26.1. The smallest absolute Gasteiger partial charge is 0.264 e. The van der Waals surface area contributed by atoms with Gasteiger partial charge < -0.3 is 10.3 Å². The first-order valence-corrected chi connectivity index (χ1v) is 13.2. The lowest BCUT2D eigenvalue weighted by Gasteiger charge is -2.13. The number of carbonyl (C=O) groups is 1. The third-order valence-electron chi connectivity index (χ3n) is 5.31. The fourth-order valence-corrected chi connectivity index (χ4v) is 4.89. The van der Waals surface area contributed by atoms with Gasteiger partial charge in [-0.2, -0.15) is 0 Å². The lowest BCUT2D eigenvalue weighted by Crippen LogP contribution is -2.37. The number of nitrogens with one attached hydrogen (secondary N) is 4. The summed E-state index contributed by atoms with van der Waals surface area (Å²) in [6, 6.07) is 13.2. The van der Waals surface area contributed by atoms with Gasteiger partial charge in [0.2, 0.25) is 17.8 Å². The van der Waals surface area contributed by atoms with Gasteiger partial charge in [-0.25, -0.2) is 23.1 Å². The number of halogens is 1. The van der Waals surface area contributed by atoms with Gasteiger partial charge in [0, 0.05) is 52.7 Å². The number of hydrogen-bond donors (Lipinski definition) is 4. The van der Waals surface area contributed by atoms with Gasteiger partial charge in [0.25, 0.3) is 10.0 Å². The van der Waals surface area contributed by atoms with Crippen molar-refractivity contribution in [1.82, 2.24) is 19.7 Å². The Kier molecular flexibility index (Phi) is 7.74. The molecule has 0 radical (unpaired) electrons. The van der Waals surface area contributed by atoms with Crippen molar-refractivity contribution in [1.29, 1.82) is 0 Å². The number of rotatable bonds is 7. The number of anilines is 2. The highest BCUT2D eigenvalue weighted by molar-refractivity contribution is 7.90. The predicted molar refractivity (Wildman–Crippen MR) is 146 cm³/mol. The van der Waals surface area contributed by atoms with Gasteiger partial charge in [-0.1, -0.05) is 11.6 Å². The number of carbonyl (C=O) groups excluding carboxylic acids is 1. The van der Waals surface area contributed by atoms with Crippen LogP contribution in [0.25, 0.3) is 10.9 Å². The summed E-state index contributed by atoms with van der Waals surface area (Å²) < 4.78 is 28.7. The summed E-state index contributed by atoms with van der Waals surface area (Å²) in [5.41, 5.74) is 3.89. The number of aliphatic imine (C=N–C) groups is 1. The molecule has 0 saturated carbocycles. The second-order valence-corrected chi connectivity index (χ2v) is 10.5. The van der Waals surface area contributed by atoms with Crippen molar-refractivity contribution in [2.75, 3.05) is 17.2 Å². The molecule has 1 amide bonds. The number of aryl methyl sites for hydroxylation is 2. The van der Waals surface area contributed by atoms with Crippen LogP contribution in [0, 0.1) is 13.8 Å². The molecule has 2 aromatic carbocycles. The van der Waals surface area contributed by atoms with Crippen molar-refractivity contribution in [3.63, 3.8) is 0 Å². The molecule has 4 N–H and O–H groups in total. The Morgan fingerprint density at radius 1 is 1.03 bits per heavy atom. The minimum atomic E-state index is -4.00. The van der Waals surface area contributed by atoms with E-state index >= 15 is 0 Å². The minimum absolute atomic E-state index is 0.00344. The summed E-state index contributed by atoms with van der Waals surface area (Å²) in [4.78, 5) is 27.6. The highest BCUT2D eigenvalue weighted by Gasteiger charge is 2.18. The number of aromatic nitrogens is 3. The van der Waals surface area contributed by atoms with Gasteiger partial charge in [0.05, 0.1) is 4.90 Å². The SMILES string of the molecule is CC(=O)Nc1ccc(S(=O)(=O)NC(=NCCc2c[nH]c3ccc(Cl)cc23)Nc2nc(C)cc(C)n2)cc1. The van der Waals surface area contributed by atoms with Gasteiger partial charge in [0.15, 0.2) is 0 Å². The van der Waals surface area contributed by atoms with Crippen molar-refractivity contribution in [3.05, 3.63) is 76.7 Å². The average molecular weight is 540 g/mol. The third-order valence-corrected chi connectivity index (χ3v) is 6.90. The fraction of sp³-hybridized carbons (Fsp3) is 0.200. The number of aromatic amines is 1. The zero-order valence-electron chi connectivity index (χ0n) is 20.5. The van der Waals surface area contributed by atoms with E-state index in [1.807, 2.05) is 44.3 Å². The molecular formula is C25H26ClN7O3S. The number of guanidine groups is 1. The van der Waals surface area contributed by atoms with Crippen molar-refractivity contribution in [2.24, 2.45) is 4.99 Å². The fourth-order valence-electron chi connectivity index (χ4n) is 3.74. The van der Waals surface area contributed by atoms with Crippen molar-refractivity contribution in [2.45, 2.75) is 32.1 Å². The van der Waals surface area contributed by atoms with E-state index in [1.54, 1.807) is 0 Å². The van der Waals surface area contributed by atoms with Gasteiger partial charge in [-0.05, 0) is 74.4 Å². The van der Waals surface area contributed by atoms with Crippen molar-refractivity contribution in [3.8, 4) is 0 Å². The predicted octanol–water partition coefficient (Wildman–Crippen LogP) is 4.18. The largest absolute Gasteiger partial charge is 0.361 e. The van der Waals surface area contributed by atoms with Gasteiger partial charge in [0.1, 0.15) is 0 Å². The summed E-state index contributed by atoms with van der Waals surface area (Å²) in [5, 5.41) is 7.12. The number of sulfonamides is 1. The van der Waals surface area contributed by atoms with Crippen LogP contribution in [-0.2, 0) is 21.2 Å². The molecule has 4 aromatic rings. The normalized spacial score (nSPS) is 11.9. The van der Waals surface area contributed by atoms with Crippen LogP contribution in [-0.4, -0.2) is 41.8 Å². The van der Waals surface area contributed by atoms with E-state index in [-0.39, 0.29) is 29.3 Å². The monoisotopic (exact) mass is 539 g/mol. The van der Waals surface area contributed by atoms with Gasteiger partial charge >= 0.3 is 0 Å². The second-order valence-electron chi connectivity index (χ2n) is 8.39. The van der Waals surface area contributed by atoms with E-state index in [0.717, 1.165) is 27.9 Å². The zero-order chi connectivity index (χ0) is 26.6. The highest BCUT2D eigenvalue weighted by atomic mass is 35.5. The van der Waals surface area contributed by atoms with Crippen LogP contribution in [0.2, 0.25) is 5.02 Å². The summed E-state index contributed by atoms with van der Waals surface area (Å²) in [5.74, 6) is -0.0501.